The fourth-order valence-corrected chi connectivity index (χ4v) is 2.65. The van der Waals surface area contributed by atoms with Crippen LogP contribution in [0.2, 0.25) is 5.02 Å². The lowest BCUT2D eigenvalue weighted by atomic mass is 10.1. The second kappa shape index (κ2) is 5.09. The smallest absolute Gasteiger partial charge is 0.316 e. The van der Waals surface area contributed by atoms with Gasteiger partial charge in [-0.3, -0.25) is 4.79 Å². The predicted octanol–water partition coefficient (Wildman–Crippen LogP) is 3.69. The fourth-order valence-electron chi connectivity index (χ4n) is 2.49. The molecule has 1 aromatic carbocycles. The number of halogens is 1. The van der Waals surface area contributed by atoms with Crippen LogP contribution in [0, 0.1) is 0 Å². The summed E-state index contributed by atoms with van der Waals surface area (Å²) in [5.74, 6) is 0.195. The lowest BCUT2D eigenvalue weighted by molar-refractivity contribution is -0.144. The van der Waals surface area contributed by atoms with Crippen LogP contribution in [0.5, 0.6) is 0 Å². The van der Waals surface area contributed by atoms with E-state index in [1.54, 1.807) is 0 Å². The average Bonchev–Trinajstić information content (AvgIpc) is 3.19. The first kappa shape index (κ1) is 13.4. The van der Waals surface area contributed by atoms with Gasteiger partial charge in [0.1, 0.15) is 11.7 Å². The van der Waals surface area contributed by atoms with Gasteiger partial charge >= 0.3 is 5.97 Å². The molecular formula is C15H17ClN2O2. The van der Waals surface area contributed by atoms with Crippen LogP contribution < -0.4 is 0 Å². The minimum atomic E-state index is -0.360. The van der Waals surface area contributed by atoms with E-state index in [2.05, 4.69) is 9.55 Å². The number of fused-ring (bicyclic) bond motifs is 1. The molecule has 1 aliphatic rings. The maximum Gasteiger partial charge on any atom is 0.316 e. The highest BCUT2D eigenvalue weighted by atomic mass is 35.5. The van der Waals surface area contributed by atoms with Crippen LogP contribution in [0.25, 0.3) is 11.0 Å². The van der Waals surface area contributed by atoms with Crippen molar-refractivity contribution in [1.82, 2.24) is 9.55 Å². The van der Waals surface area contributed by atoms with Gasteiger partial charge in [-0.2, -0.15) is 0 Å². The van der Waals surface area contributed by atoms with E-state index in [4.69, 9.17) is 16.3 Å². The number of carbonyl (C=O) groups excluding carboxylic acids is 1. The first-order valence-corrected chi connectivity index (χ1v) is 7.33. The van der Waals surface area contributed by atoms with Crippen molar-refractivity contribution in [3.63, 3.8) is 0 Å². The van der Waals surface area contributed by atoms with E-state index in [1.807, 2.05) is 32.0 Å². The monoisotopic (exact) mass is 292 g/mol. The van der Waals surface area contributed by atoms with Crippen LogP contribution in [0.3, 0.4) is 0 Å². The standard InChI is InChI=1S/C15H17ClN2O2/c1-3-20-15(19)9(2)14-17-12-8-10(16)4-7-13(12)18(14)11-5-6-11/h4,7-9,11H,3,5-6H2,1-2H3. The second-order valence-corrected chi connectivity index (χ2v) is 5.61. The van der Waals surface area contributed by atoms with E-state index in [0.717, 1.165) is 29.7 Å². The van der Waals surface area contributed by atoms with Crippen LogP contribution in [0.1, 0.15) is 44.5 Å². The Balaban J connectivity index is 2.09. The molecule has 3 rings (SSSR count). The zero-order valence-corrected chi connectivity index (χ0v) is 12.4. The maximum atomic E-state index is 12.0. The van der Waals surface area contributed by atoms with Gasteiger partial charge in [0.15, 0.2) is 0 Å². The van der Waals surface area contributed by atoms with Crippen molar-refractivity contribution in [2.45, 2.75) is 38.6 Å². The molecule has 0 saturated heterocycles. The maximum absolute atomic E-state index is 12.0. The predicted molar refractivity (Wildman–Crippen MR) is 78.1 cm³/mol. The van der Waals surface area contributed by atoms with Crippen LogP contribution in [0.4, 0.5) is 0 Å². The molecule has 0 spiro atoms. The molecule has 0 bridgehead atoms. The van der Waals surface area contributed by atoms with E-state index in [-0.39, 0.29) is 11.9 Å². The molecule has 106 valence electrons. The van der Waals surface area contributed by atoms with Crippen LogP contribution >= 0.6 is 11.6 Å². The Morgan fingerprint density at radius 1 is 1.55 bits per heavy atom. The molecule has 0 radical (unpaired) electrons. The summed E-state index contributed by atoms with van der Waals surface area (Å²) >= 11 is 6.03. The zero-order chi connectivity index (χ0) is 14.3. The molecule has 1 aliphatic carbocycles. The third kappa shape index (κ3) is 2.29. The normalized spacial score (nSPS) is 16.4. The van der Waals surface area contributed by atoms with Gasteiger partial charge in [-0.25, -0.2) is 4.98 Å². The number of rotatable bonds is 4. The van der Waals surface area contributed by atoms with Crippen LogP contribution in [-0.2, 0) is 9.53 Å². The third-order valence-corrected chi connectivity index (χ3v) is 3.85. The molecule has 0 amide bonds. The lowest BCUT2D eigenvalue weighted by Crippen LogP contribution is -2.17. The van der Waals surface area contributed by atoms with Gasteiger partial charge in [-0.1, -0.05) is 11.6 Å². The number of ether oxygens (including phenoxy) is 1. The van der Waals surface area contributed by atoms with Crippen molar-refractivity contribution in [3.8, 4) is 0 Å². The Hall–Kier alpha value is -1.55. The van der Waals surface area contributed by atoms with Gasteiger partial charge < -0.3 is 9.30 Å². The fraction of sp³-hybridized carbons (Fsp3) is 0.467. The molecule has 5 heteroatoms. The minimum Gasteiger partial charge on any atom is -0.465 e. The van der Waals surface area contributed by atoms with E-state index in [0.29, 0.717) is 17.7 Å². The quantitative estimate of drug-likeness (QED) is 0.807. The Morgan fingerprint density at radius 2 is 2.30 bits per heavy atom. The minimum absolute atomic E-state index is 0.226. The molecule has 0 aliphatic heterocycles. The number of carbonyl (C=O) groups is 1. The Labute approximate surface area is 122 Å². The molecule has 1 atom stereocenters. The number of aromatic nitrogens is 2. The summed E-state index contributed by atoms with van der Waals surface area (Å²) in [6.45, 7) is 4.05. The van der Waals surface area contributed by atoms with Gasteiger partial charge in [0.05, 0.1) is 17.6 Å². The zero-order valence-electron chi connectivity index (χ0n) is 11.6. The summed E-state index contributed by atoms with van der Waals surface area (Å²) in [4.78, 5) is 16.6. The van der Waals surface area contributed by atoms with Crippen molar-refractivity contribution in [2.75, 3.05) is 6.61 Å². The van der Waals surface area contributed by atoms with Gasteiger partial charge in [0.2, 0.25) is 0 Å². The Kier molecular flexibility index (Phi) is 3.42. The highest BCUT2D eigenvalue weighted by Gasteiger charge is 2.32. The molecule has 1 unspecified atom stereocenters. The molecule has 2 aromatic rings. The molecule has 1 aromatic heterocycles. The van der Waals surface area contributed by atoms with Crippen LogP contribution in [0.15, 0.2) is 18.2 Å². The molecule has 1 saturated carbocycles. The lowest BCUT2D eigenvalue weighted by Gasteiger charge is -2.13. The van der Waals surface area contributed by atoms with Gasteiger partial charge in [-0.05, 0) is 44.9 Å². The number of hydrogen-bond donors (Lipinski definition) is 0. The molecule has 4 nitrogen and oxygen atoms in total. The van der Waals surface area contributed by atoms with Crippen molar-refractivity contribution in [2.24, 2.45) is 0 Å². The van der Waals surface area contributed by atoms with E-state index >= 15 is 0 Å². The summed E-state index contributed by atoms with van der Waals surface area (Å²) in [6, 6.07) is 6.14. The summed E-state index contributed by atoms with van der Waals surface area (Å²) < 4.78 is 7.29. The van der Waals surface area contributed by atoms with Gasteiger partial charge in [0, 0.05) is 11.1 Å². The van der Waals surface area contributed by atoms with Crippen molar-refractivity contribution in [1.29, 1.82) is 0 Å². The number of benzene rings is 1. The van der Waals surface area contributed by atoms with Gasteiger partial charge in [-0.15, -0.1) is 0 Å². The summed E-state index contributed by atoms with van der Waals surface area (Å²) in [6.07, 6.45) is 2.27. The molecule has 1 fully saturated rings. The van der Waals surface area contributed by atoms with E-state index in [1.165, 1.54) is 0 Å². The molecule has 20 heavy (non-hydrogen) atoms. The number of imidazole rings is 1. The topological polar surface area (TPSA) is 44.1 Å². The third-order valence-electron chi connectivity index (χ3n) is 3.62. The number of nitrogens with zero attached hydrogens (tertiary/aromatic N) is 2. The van der Waals surface area contributed by atoms with Crippen molar-refractivity contribution in [3.05, 3.63) is 29.0 Å². The van der Waals surface area contributed by atoms with E-state index < -0.39 is 0 Å². The summed E-state index contributed by atoms with van der Waals surface area (Å²) in [7, 11) is 0. The summed E-state index contributed by atoms with van der Waals surface area (Å²) in [5.41, 5.74) is 1.89. The van der Waals surface area contributed by atoms with Gasteiger partial charge in [0.25, 0.3) is 0 Å². The van der Waals surface area contributed by atoms with E-state index in [9.17, 15) is 4.79 Å². The summed E-state index contributed by atoms with van der Waals surface area (Å²) in [5, 5.41) is 0.660. The Bertz CT molecular complexity index is 661. The number of hydrogen-bond acceptors (Lipinski definition) is 3. The largest absolute Gasteiger partial charge is 0.465 e. The highest BCUT2D eigenvalue weighted by Crippen LogP contribution is 2.40. The first-order valence-electron chi connectivity index (χ1n) is 6.95. The number of esters is 1. The Morgan fingerprint density at radius 3 is 2.95 bits per heavy atom. The van der Waals surface area contributed by atoms with Crippen LogP contribution in [-0.4, -0.2) is 22.1 Å². The highest BCUT2D eigenvalue weighted by molar-refractivity contribution is 6.31. The van der Waals surface area contributed by atoms with Crippen molar-refractivity contribution < 1.29 is 9.53 Å². The second-order valence-electron chi connectivity index (χ2n) is 5.18. The molecule has 0 N–H and O–H groups in total. The van der Waals surface area contributed by atoms with Crippen molar-refractivity contribution >= 4 is 28.6 Å². The first-order chi connectivity index (χ1) is 9.61. The average molecular weight is 293 g/mol. The SMILES string of the molecule is CCOC(=O)C(C)c1nc2cc(Cl)ccc2n1C1CC1. The molecule has 1 heterocycles. The molecular weight excluding hydrogens is 276 g/mol.